The van der Waals surface area contributed by atoms with Crippen LogP contribution in [-0.2, 0) is 10.3 Å². The predicted octanol–water partition coefficient (Wildman–Crippen LogP) is 3.61. The highest BCUT2D eigenvalue weighted by Crippen LogP contribution is 2.36. The van der Waals surface area contributed by atoms with Crippen LogP contribution in [-0.4, -0.2) is 20.2 Å². The monoisotopic (exact) mass is 315 g/mol. The van der Waals surface area contributed by atoms with Crippen molar-refractivity contribution in [2.45, 2.75) is 12.0 Å². The number of hydrogen-bond acceptors (Lipinski definition) is 2. The Morgan fingerprint density at radius 1 is 1.00 bits per heavy atom. The van der Waals surface area contributed by atoms with Gasteiger partial charge < -0.3 is 10.1 Å². The van der Waals surface area contributed by atoms with Crippen molar-refractivity contribution in [2.24, 2.45) is 0 Å². The summed E-state index contributed by atoms with van der Waals surface area (Å²) in [6.45, 7) is 1.37. The van der Waals surface area contributed by atoms with Gasteiger partial charge >= 0.3 is 0 Å². The highest BCUT2D eigenvalue weighted by Gasteiger charge is 2.33. The molecule has 0 aliphatic heterocycles. The fraction of sp³-hybridized carbons (Fsp3) is 0.263. The van der Waals surface area contributed by atoms with Crippen LogP contribution in [0.25, 0.3) is 0 Å². The summed E-state index contributed by atoms with van der Waals surface area (Å²) in [5, 5.41) is 3.25. The lowest BCUT2D eigenvalue weighted by Crippen LogP contribution is -2.34. The fourth-order valence-electron chi connectivity index (χ4n) is 2.63. The van der Waals surface area contributed by atoms with E-state index < -0.39 is 5.60 Å². The van der Waals surface area contributed by atoms with E-state index >= 15 is 0 Å². The summed E-state index contributed by atoms with van der Waals surface area (Å²) in [6.07, 6.45) is 6.11. The lowest BCUT2D eigenvalue weighted by atomic mass is 9.83. The molecule has 3 heteroatoms. The van der Waals surface area contributed by atoms with Crippen molar-refractivity contribution in [3.8, 4) is 12.3 Å². The van der Waals surface area contributed by atoms with E-state index in [-0.39, 0.29) is 12.4 Å². The van der Waals surface area contributed by atoms with Crippen LogP contribution in [0.5, 0.6) is 0 Å². The Hall–Kier alpha value is -1.79. The first-order valence-corrected chi connectivity index (χ1v) is 7.14. The second kappa shape index (κ2) is 9.27. The molecule has 22 heavy (non-hydrogen) atoms. The first-order valence-electron chi connectivity index (χ1n) is 7.14. The summed E-state index contributed by atoms with van der Waals surface area (Å²) in [6, 6.07) is 20.6. The van der Waals surface area contributed by atoms with E-state index in [2.05, 4.69) is 35.5 Å². The largest absolute Gasteiger partial charge is 0.369 e. The van der Waals surface area contributed by atoms with Gasteiger partial charge in [0.25, 0.3) is 0 Å². The SMILES string of the molecule is C#CCNCCC(OC)(c1ccccc1)c1ccccc1.Cl. The summed E-state index contributed by atoms with van der Waals surface area (Å²) in [5.74, 6) is 2.60. The number of rotatable bonds is 7. The molecule has 2 nitrogen and oxygen atoms in total. The summed E-state index contributed by atoms with van der Waals surface area (Å²) in [5.41, 5.74) is 1.85. The Kier molecular flexibility index (Phi) is 7.70. The van der Waals surface area contributed by atoms with E-state index in [9.17, 15) is 0 Å². The molecule has 0 bridgehead atoms. The first-order chi connectivity index (χ1) is 10.3. The maximum atomic E-state index is 6.00. The maximum Gasteiger partial charge on any atom is 0.119 e. The van der Waals surface area contributed by atoms with Crippen LogP contribution in [0.4, 0.5) is 0 Å². The molecule has 1 N–H and O–H groups in total. The van der Waals surface area contributed by atoms with E-state index in [0.717, 1.165) is 24.1 Å². The molecule has 0 fully saturated rings. The molecule has 0 heterocycles. The Bertz CT molecular complexity index is 538. The Labute approximate surface area is 139 Å². The van der Waals surface area contributed by atoms with Crippen molar-refractivity contribution in [1.82, 2.24) is 5.32 Å². The Morgan fingerprint density at radius 2 is 1.50 bits per heavy atom. The van der Waals surface area contributed by atoms with Gasteiger partial charge in [-0.25, -0.2) is 0 Å². The average molecular weight is 316 g/mol. The molecular formula is C19H22ClNO. The van der Waals surface area contributed by atoms with Crippen molar-refractivity contribution in [3.63, 3.8) is 0 Å². The van der Waals surface area contributed by atoms with Gasteiger partial charge in [0.15, 0.2) is 0 Å². The lowest BCUT2D eigenvalue weighted by molar-refractivity contribution is 0.0150. The third-order valence-corrected chi connectivity index (χ3v) is 3.71. The first kappa shape index (κ1) is 18.3. The number of methoxy groups -OCH3 is 1. The van der Waals surface area contributed by atoms with E-state index in [1.807, 2.05) is 36.4 Å². The number of hydrogen-bond donors (Lipinski definition) is 1. The lowest BCUT2D eigenvalue weighted by Gasteiger charge is -2.34. The van der Waals surface area contributed by atoms with E-state index in [1.54, 1.807) is 7.11 Å². The molecule has 2 rings (SSSR count). The zero-order valence-electron chi connectivity index (χ0n) is 12.8. The summed E-state index contributed by atoms with van der Waals surface area (Å²) < 4.78 is 6.00. The molecular weight excluding hydrogens is 294 g/mol. The van der Waals surface area contributed by atoms with Gasteiger partial charge in [-0.2, -0.15) is 0 Å². The topological polar surface area (TPSA) is 21.3 Å². The number of ether oxygens (including phenoxy) is 1. The number of terminal acetylenes is 1. The molecule has 0 aromatic heterocycles. The molecule has 0 saturated carbocycles. The highest BCUT2D eigenvalue weighted by molar-refractivity contribution is 5.85. The van der Waals surface area contributed by atoms with Gasteiger partial charge in [0.2, 0.25) is 0 Å². The highest BCUT2D eigenvalue weighted by atomic mass is 35.5. The normalized spacial score (nSPS) is 10.5. The molecule has 2 aromatic carbocycles. The van der Waals surface area contributed by atoms with Crippen LogP contribution in [0.2, 0.25) is 0 Å². The fourth-order valence-corrected chi connectivity index (χ4v) is 2.63. The minimum absolute atomic E-state index is 0. The molecule has 0 atom stereocenters. The molecule has 0 unspecified atom stereocenters. The zero-order valence-corrected chi connectivity index (χ0v) is 13.6. The molecule has 0 aliphatic rings. The minimum atomic E-state index is -0.454. The molecule has 116 valence electrons. The van der Waals surface area contributed by atoms with E-state index in [1.165, 1.54) is 0 Å². The van der Waals surface area contributed by atoms with Gasteiger partial charge in [-0.3, -0.25) is 0 Å². The van der Waals surface area contributed by atoms with Gasteiger partial charge in [0.1, 0.15) is 5.60 Å². The minimum Gasteiger partial charge on any atom is -0.369 e. The van der Waals surface area contributed by atoms with Crippen LogP contribution in [0.15, 0.2) is 60.7 Å². The standard InChI is InChI=1S/C19H21NO.ClH/c1-3-15-20-16-14-19(21-2,17-10-6-4-7-11-17)18-12-8-5-9-13-18;/h1,4-13,20H,14-16H2,2H3;1H. The van der Waals surface area contributed by atoms with Crippen molar-refractivity contribution in [2.75, 3.05) is 20.2 Å². The van der Waals surface area contributed by atoms with Gasteiger partial charge in [-0.15, -0.1) is 18.8 Å². The quantitative estimate of drug-likeness (QED) is 0.622. The molecule has 0 aliphatic carbocycles. The Morgan fingerprint density at radius 3 is 1.91 bits per heavy atom. The number of nitrogens with one attached hydrogen (secondary N) is 1. The van der Waals surface area contributed by atoms with Gasteiger partial charge in [0.05, 0.1) is 6.54 Å². The molecule has 0 radical (unpaired) electrons. The molecule has 2 aromatic rings. The predicted molar refractivity (Wildman–Crippen MR) is 94.2 cm³/mol. The van der Waals surface area contributed by atoms with Crippen LogP contribution < -0.4 is 5.32 Å². The Balaban J connectivity index is 0.00000242. The third-order valence-electron chi connectivity index (χ3n) is 3.71. The van der Waals surface area contributed by atoms with Crippen molar-refractivity contribution in [1.29, 1.82) is 0 Å². The van der Waals surface area contributed by atoms with E-state index in [0.29, 0.717) is 6.54 Å². The van der Waals surface area contributed by atoms with E-state index in [4.69, 9.17) is 11.2 Å². The van der Waals surface area contributed by atoms with Crippen LogP contribution in [0.3, 0.4) is 0 Å². The van der Waals surface area contributed by atoms with Crippen LogP contribution in [0, 0.1) is 12.3 Å². The van der Waals surface area contributed by atoms with Crippen LogP contribution >= 0.6 is 12.4 Å². The smallest absolute Gasteiger partial charge is 0.119 e. The molecule has 0 spiro atoms. The van der Waals surface area contributed by atoms with Crippen molar-refractivity contribution < 1.29 is 4.74 Å². The van der Waals surface area contributed by atoms with Gasteiger partial charge in [-0.05, 0) is 24.1 Å². The average Bonchev–Trinajstić information content (AvgIpc) is 2.57. The summed E-state index contributed by atoms with van der Waals surface area (Å²) in [7, 11) is 1.77. The number of halogens is 1. The summed E-state index contributed by atoms with van der Waals surface area (Å²) >= 11 is 0. The second-order valence-electron chi connectivity index (χ2n) is 4.89. The van der Waals surface area contributed by atoms with Crippen LogP contribution in [0.1, 0.15) is 17.5 Å². The van der Waals surface area contributed by atoms with Gasteiger partial charge in [-0.1, -0.05) is 66.6 Å². The molecule has 0 saturated heterocycles. The third kappa shape index (κ3) is 4.11. The zero-order chi connectivity index (χ0) is 15.0. The summed E-state index contributed by atoms with van der Waals surface area (Å²) in [4.78, 5) is 0. The van der Waals surface area contributed by atoms with Gasteiger partial charge in [0, 0.05) is 7.11 Å². The maximum absolute atomic E-state index is 6.00. The molecule has 0 amide bonds. The van der Waals surface area contributed by atoms with Crippen molar-refractivity contribution in [3.05, 3.63) is 71.8 Å². The number of benzene rings is 2. The second-order valence-corrected chi connectivity index (χ2v) is 4.89. The van der Waals surface area contributed by atoms with Crippen molar-refractivity contribution >= 4 is 12.4 Å².